The standard InChI is InChI=1S/C15H22N2O6/c1-4-16-9-13(22-3)14(10-21-2)23-15(18)11-5-7-12(8-6-11)17(19)20/h5-8,13-14,16H,4,9-10H2,1-3H3/t13-,14-/m0/s1. The number of nitro benzene ring substituents is 1. The van der Waals surface area contributed by atoms with Crippen molar-refractivity contribution in [2.24, 2.45) is 0 Å². The van der Waals surface area contributed by atoms with Crippen LogP contribution in [0.15, 0.2) is 24.3 Å². The second-order valence-electron chi connectivity index (χ2n) is 4.78. The van der Waals surface area contributed by atoms with Gasteiger partial charge in [0.05, 0.1) is 17.1 Å². The molecule has 0 fully saturated rings. The van der Waals surface area contributed by atoms with E-state index in [2.05, 4.69) is 5.32 Å². The number of benzene rings is 1. The first-order valence-electron chi connectivity index (χ1n) is 7.21. The lowest BCUT2D eigenvalue weighted by Crippen LogP contribution is -2.43. The van der Waals surface area contributed by atoms with Crippen molar-refractivity contribution < 1.29 is 23.9 Å². The van der Waals surface area contributed by atoms with Crippen molar-refractivity contribution in [2.45, 2.75) is 19.1 Å². The zero-order valence-electron chi connectivity index (χ0n) is 13.5. The molecule has 0 aromatic heterocycles. The second kappa shape index (κ2) is 9.88. The first kappa shape index (κ1) is 19.0. The molecule has 8 nitrogen and oxygen atoms in total. The highest BCUT2D eigenvalue weighted by Crippen LogP contribution is 2.14. The van der Waals surface area contributed by atoms with Crippen molar-refractivity contribution in [2.75, 3.05) is 33.9 Å². The van der Waals surface area contributed by atoms with E-state index in [0.717, 1.165) is 6.54 Å². The summed E-state index contributed by atoms with van der Waals surface area (Å²) in [6.45, 7) is 3.41. The Bertz CT molecular complexity index is 505. The van der Waals surface area contributed by atoms with E-state index in [1.807, 2.05) is 6.92 Å². The van der Waals surface area contributed by atoms with E-state index in [9.17, 15) is 14.9 Å². The maximum atomic E-state index is 12.2. The van der Waals surface area contributed by atoms with E-state index < -0.39 is 17.0 Å². The Morgan fingerprint density at radius 3 is 2.39 bits per heavy atom. The highest BCUT2D eigenvalue weighted by Gasteiger charge is 2.25. The summed E-state index contributed by atoms with van der Waals surface area (Å²) in [5.74, 6) is -0.583. The third-order valence-corrected chi connectivity index (χ3v) is 3.22. The number of rotatable bonds is 10. The Morgan fingerprint density at radius 1 is 1.26 bits per heavy atom. The van der Waals surface area contributed by atoms with E-state index in [0.29, 0.717) is 6.54 Å². The number of methoxy groups -OCH3 is 2. The molecule has 1 aromatic carbocycles. The summed E-state index contributed by atoms with van der Waals surface area (Å²) in [7, 11) is 3.04. The fourth-order valence-electron chi connectivity index (χ4n) is 1.96. The van der Waals surface area contributed by atoms with Crippen LogP contribution in [0.5, 0.6) is 0 Å². The molecule has 1 aromatic rings. The molecule has 0 saturated heterocycles. The summed E-state index contributed by atoms with van der Waals surface area (Å²) in [6, 6.07) is 5.23. The first-order chi connectivity index (χ1) is 11.0. The van der Waals surface area contributed by atoms with E-state index in [1.54, 1.807) is 0 Å². The number of hydrogen-bond acceptors (Lipinski definition) is 7. The molecule has 0 bridgehead atoms. The van der Waals surface area contributed by atoms with Crippen LogP contribution in [-0.2, 0) is 14.2 Å². The summed E-state index contributed by atoms with van der Waals surface area (Å²) >= 11 is 0. The summed E-state index contributed by atoms with van der Waals surface area (Å²) in [5, 5.41) is 13.7. The molecule has 0 unspecified atom stereocenters. The third-order valence-electron chi connectivity index (χ3n) is 3.22. The summed E-state index contributed by atoms with van der Waals surface area (Å²) in [4.78, 5) is 22.3. The number of hydrogen-bond donors (Lipinski definition) is 1. The van der Waals surface area contributed by atoms with Gasteiger partial charge < -0.3 is 19.5 Å². The van der Waals surface area contributed by atoms with Gasteiger partial charge in [-0.05, 0) is 18.7 Å². The number of nitrogens with zero attached hydrogens (tertiary/aromatic N) is 1. The molecule has 1 N–H and O–H groups in total. The highest BCUT2D eigenvalue weighted by atomic mass is 16.6. The van der Waals surface area contributed by atoms with Gasteiger partial charge in [0.1, 0.15) is 6.10 Å². The second-order valence-corrected chi connectivity index (χ2v) is 4.78. The molecule has 0 spiro atoms. The molecule has 0 amide bonds. The molecule has 1 rings (SSSR count). The van der Waals surface area contributed by atoms with Gasteiger partial charge in [-0.2, -0.15) is 0 Å². The van der Waals surface area contributed by atoms with Crippen LogP contribution in [-0.4, -0.2) is 57.0 Å². The lowest BCUT2D eigenvalue weighted by Gasteiger charge is -2.25. The average Bonchev–Trinajstić information content (AvgIpc) is 2.55. The van der Waals surface area contributed by atoms with Gasteiger partial charge in [-0.1, -0.05) is 6.92 Å². The minimum Gasteiger partial charge on any atom is -0.453 e. The third kappa shape index (κ3) is 5.93. The molecule has 0 aliphatic heterocycles. The normalized spacial score (nSPS) is 13.3. The number of nitro groups is 1. The minimum atomic E-state index is -0.591. The van der Waals surface area contributed by atoms with Gasteiger partial charge in [0.15, 0.2) is 6.10 Å². The van der Waals surface area contributed by atoms with Gasteiger partial charge >= 0.3 is 5.97 Å². The number of esters is 1. The van der Waals surface area contributed by atoms with Crippen LogP contribution in [0.1, 0.15) is 17.3 Å². The molecule has 128 valence electrons. The highest BCUT2D eigenvalue weighted by molar-refractivity contribution is 5.89. The van der Waals surface area contributed by atoms with E-state index in [-0.39, 0.29) is 24.0 Å². The summed E-state index contributed by atoms with van der Waals surface area (Å²) in [6.07, 6.45) is -0.955. The molecule has 0 aliphatic carbocycles. The molecule has 2 atom stereocenters. The largest absolute Gasteiger partial charge is 0.453 e. The maximum Gasteiger partial charge on any atom is 0.338 e. The van der Waals surface area contributed by atoms with Gasteiger partial charge in [0.25, 0.3) is 5.69 Å². The van der Waals surface area contributed by atoms with Crippen LogP contribution < -0.4 is 5.32 Å². The van der Waals surface area contributed by atoms with Crippen LogP contribution in [0.2, 0.25) is 0 Å². The Balaban J connectivity index is 2.77. The van der Waals surface area contributed by atoms with Crippen molar-refractivity contribution in [1.82, 2.24) is 5.32 Å². The molecule has 0 heterocycles. The summed E-state index contributed by atoms with van der Waals surface area (Å²) in [5.41, 5.74) is 0.145. The first-order valence-corrected chi connectivity index (χ1v) is 7.21. The Morgan fingerprint density at radius 2 is 1.91 bits per heavy atom. The fourth-order valence-corrected chi connectivity index (χ4v) is 1.96. The molecule has 0 radical (unpaired) electrons. The zero-order chi connectivity index (χ0) is 17.2. The number of likely N-dealkylation sites (N-methyl/N-ethyl adjacent to an activating group) is 1. The van der Waals surface area contributed by atoms with Crippen molar-refractivity contribution in [3.05, 3.63) is 39.9 Å². The lowest BCUT2D eigenvalue weighted by atomic mass is 10.2. The Labute approximate surface area is 134 Å². The van der Waals surface area contributed by atoms with Crippen molar-refractivity contribution in [1.29, 1.82) is 0 Å². The molecule has 8 heteroatoms. The van der Waals surface area contributed by atoms with E-state index >= 15 is 0 Å². The number of carbonyl (C=O) groups is 1. The van der Waals surface area contributed by atoms with Gasteiger partial charge in [0, 0.05) is 32.9 Å². The molecule has 0 aliphatic rings. The van der Waals surface area contributed by atoms with Crippen LogP contribution in [0.25, 0.3) is 0 Å². The Hall–Kier alpha value is -2.03. The molecular weight excluding hydrogens is 304 g/mol. The molecular formula is C15H22N2O6. The van der Waals surface area contributed by atoms with Crippen LogP contribution in [0.4, 0.5) is 5.69 Å². The maximum absolute atomic E-state index is 12.2. The SMILES string of the molecule is CCNC[C@H](OC)[C@H](COC)OC(=O)c1ccc([N+](=O)[O-])cc1. The zero-order valence-corrected chi connectivity index (χ0v) is 13.5. The number of non-ortho nitro benzene ring substituents is 1. The number of ether oxygens (including phenoxy) is 3. The average molecular weight is 326 g/mol. The summed E-state index contributed by atoms with van der Waals surface area (Å²) < 4.78 is 15.9. The van der Waals surface area contributed by atoms with Gasteiger partial charge in [0.2, 0.25) is 0 Å². The van der Waals surface area contributed by atoms with Gasteiger partial charge in [-0.15, -0.1) is 0 Å². The molecule has 0 saturated carbocycles. The van der Waals surface area contributed by atoms with Gasteiger partial charge in [-0.25, -0.2) is 4.79 Å². The lowest BCUT2D eigenvalue weighted by molar-refractivity contribution is -0.384. The number of nitrogens with one attached hydrogen (secondary N) is 1. The Kier molecular flexibility index (Phi) is 8.17. The number of carbonyl (C=O) groups excluding carboxylic acids is 1. The van der Waals surface area contributed by atoms with Crippen LogP contribution >= 0.6 is 0 Å². The van der Waals surface area contributed by atoms with E-state index in [4.69, 9.17) is 14.2 Å². The van der Waals surface area contributed by atoms with Crippen LogP contribution in [0.3, 0.4) is 0 Å². The van der Waals surface area contributed by atoms with Crippen molar-refractivity contribution in [3.8, 4) is 0 Å². The monoisotopic (exact) mass is 326 g/mol. The van der Waals surface area contributed by atoms with Crippen molar-refractivity contribution in [3.63, 3.8) is 0 Å². The van der Waals surface area contributed by atoms with E-state index in [1.165, 1.54) is 38.5 Å². The van der Waals surface area contributed by atoms with Crippen LogP contribution in [0, 0.1) is 10.1 Å². The quantitative estimate of drug-likeness (QED) is 0.394. The molecule has 23 heavy (non-hydrogen) atoms. The smallest absolute Gasteiger partial charge is 0.338 e. The van der Waals surface area contributed by atoms with Crippen molar-refractivity contribution >= 4 is 11.7 Å². The topological polar surface area (TPSA) is 99.9 Å². The minimum absolute atomic E-state index is 0.0862. The predicted molar refractivity (Wildman–Crippen MR) is 83.5 cm³/mol. The predicted octanol–water partition coefficient (Wildman–Crippen LogP) is 1.39. The fraction of sp³-hybridized carbons (Fsp3) is 0.533. The van der Waals surface area contributed by atoms with Gasteiger partial charge in [-0.3, -0.25) is 10.1 Å².